The van der Waals surface area contributed by atoms with E-state index in [1.54, 1.807) is 0 Å². The Morgan fingerprint density at radius 2 is 2.18 bits per heavy atom. The minimum atomic E-state index is -0.235. The van der Waals surface area contributed by atoms with Gasteiger partial charge in [0.05, 0.1) is 5.56 Å². The van der Waals surface area contributed by atoms with Crippen LogP contribution in [0.3, 0.4) is 0 Å². The molecule has 0 atom stereocenters. The molecule has 0 bridgehead atoms. The number of benzene rings is 1. The maximum absolute atomic E-state index is 11.8. The summed E-state index contributed by atoms with van der Waals surface area (Å²) in [6.45, 7) is 3.37. The van der Waals surface area contributed by atoms with E-state index in [0.29, 0.717) is 17.2 Å². The molecule has 0 saturated heterocycles. The normalized spacial score (nSPS) is 14.9. The zero-order valence-corrected chi connectivity index (χ0v) is 10.2. The second-order valence-corrected chi connectivity index (χ2v) is 4.78. The van der Waals surface area contributed by atoms with Crippen LogP contribution in [0.25, 0.3) is 11.0 Å². The second-order valence-electron chi connectivity index (χ2n) is 4.37. The first-order valence-electron chi connectivity index (χ1n) is 5.62. The van der Waals surface area contributed by atoms with Crippen LogP contribution in [0, 0.1) is 6.92 Å². The van der Waals surface area contributed by atoms with Crippen molar-refractivity contribution in [2.45, 2.75) is 19.9 Å². The van der Waals surface area contributed by atoms with Crippen molar-refractivity contribution in [3.63, 3.8) is 0 Å². The van der Waals surface area contributed by atoms with Crippen LogP contribution in [-0.4, -0.2) is 6.54 Å². The molecule has 1 N–H and O–H groups in total. The van der Waals surface area contributed by atoms with Crippen molar-refractivity contribution in [2.24, 2.45) is 0 Å². The third-order valence-electron chi connectivity index (χ3n) is 3.25. The number of nitrogens with one attached hydrogen (secondary N) is 1. The van der Waals surface area contributed by atoms with Crippen molar-refractivity contribution in [2.75, 3.05) is 6.54 Å². The van der Waals surface area contributed by atoms with Crippen molar-refractivity contribution in [1.82, 2.24) is 5.32 Å². The van der Waals surface area contributed by atoms with E-state index < -0.39 is 0 Å². The van der Waals surface area contributed by atoms with Gasteiger partial charge in [-0.1, -0.05) is 11.6 Å². The largest absolute Gasteiger partial charge is 0.422 e. The Morgan fingerprint density at radius 1 is 1.35 bits per heavy atom. The van der Waals surface area contributed by atoms with Crippen LogP contribution in [0.2, 0.25) is 5.02 Å². The van der Waals surface area contributed by atoms with Crippen LogP contribution in [-0.2, 0) is 13.0 Å². The summed E-state index contributed by atoms with van der Waals surface area (Å²) in [5, 5.41) is 4.86. The van der Waals surface area contributed by atoms with Crippen LogP contribution >= 0.6 is 11.6 Å². The van der Waals surface area contributed by atoms with Gasteiger partial charge in [-0.3, -0.25) is 0 Å². The fourth-order valence-electron chi connectivity index (χ4n) is 2.31. The molecule has 0 unspecified atom stereocenters. The first kappa shape index (κ1) is 10.8. The predicted molar refractivity (Wildman–Crippen MR) is 67.6 cm³/mol. The molecular formula is C13H12ClNO2. The van der Waals surface area contributed by atoms with Crippen LogP contribution in [0.15, 0.2) is 21.3 Å². The van der Waals surface area contributed by atoms with Crippen LogP contribution in [0.4, 0.5) is 0 Å². The van der Waals surface area contributed by atoms with Gasteiger partial charge in [0.25, 0.3) is 0 Å². The standard InChI is InChI=1S/C13H12ClNO2/c1-7-4-12-9(5-11(7)14)8-2-3-15-6-10(8)13(16)17-12/h4-5,15H,2-3,6H2,1H3. The molecular weight excluding hydrogens is 238 g/mol. The molecule has 0 aliphatic carbocycles. The minimum absolute atomic E-state index is 0.235. The lowest BCUT2D eigenvalue weighted by atomic mass is 9.98. The van der Waals surface area contributed by atoms with E-state index >= 15 is 0 Å². The molecule has 1 aromatic carbocycles. The van der Waals surface area contributed by atoms with E-state index in [2.05, 4.69) is 5.32 Å². The van der Waals surface area contributed by atoms with Gasteiger partial charge in [0.1, 0.15) is 5.58 Å². The van der Waals surface area contributed by atoms with Gasteiger partial charge in [0.15, 0.2) is 0 Å². The molecule has 0 amide bonds. The molecule has 4 heteroatoms. The van der Waals surface area contributed by atoms with Gasteiger partial charge in [-0.2, -0.15) is 0 Å². The third kappa shape index (κ3) is 1.66. The highest BCUT2D eigenvalue weighted by Gasteiger charge is 2.18. The molecule has 0 spiro atoms. The van der Waals surface area contributed by atoms with Crippen molar-refractivity contribution in [3.8, 4) is 0 Å². The Bertz CT molecular complexity index is 660. The summed E-state index contributed by atoms with van der Waals surface area (Å²) in [6.07, 6.45) is 0.844. The summed E-state index contributed by atoms with van der Waals surface area (Å²) in [6, 6.07) is 3.74. The summed E-state index contributed by atoms with van der Waals surface area (Å²) in [4.78, 5) is 11.8. The Hall–Kier alpha value is -1.32. The summed E-state index contributed by atoms with van der Waals surface area (Å²) in [5.74, 6) is 0. The molecule has 17 heavy (non-hydrogen) atoms. The summed E-state index contributed by atoms with van der Waals surface area (Å²) >= 11 is 6.13. The van der Waals surface area contributed by atoms with E-state index in [1.165, 1.54) is 0 Å². The second kappa shape index (κ2) is 3.86. The molecule has 0 saturated carbocycles. The van der Waals surface area contributed by atoms with Crippen LogP contribution in [0.1, 0.15) is 16.7 Å². The lowest BCUT2D eigenvalue weighted by Crippen LogP contribution is -2.29. The topological polar surface area (TPSA) is 42.2 Å². The number of aryl methyl sites for hydroxylation is 1. The van der Waals surface area contributed by atoms with Crippen LogP contribution < -0.4 is 10.9 Å². The van der Waals surface area contributed by atoms with Gasteiger partial charge in [0.2, 0.25) is 0 Å². The molecule has 0 fully saturated rings. The maximum atomic E-state index is 11.8. The number of halogens is 1. The van der Waals surface area contributed by atoms with Crippen molar-refractivity contribution < 1.29 is 4.42 Å². The molecule has 3 nitrogen and oxygen atoms in total. The first-order chi connectivity index (χ1) is 8.16. The lowest BCUT2D eigenvalue weighted by Gasteiger charge is -2.17. The van der Waals surface area contributed by atoms with Gasteiger partial charge >= 0.3 is 5.63 Å². The van der Waals surface area contributed by atoms with Crippen LogP contribution in [0.5, 0.6) is 0 Å². The monoisotopic (exact) mass is 249 g/mol. The smallest absolute Gasteiger partial charge is 0.341 e. The molecule has 2 heterocycles. The highest BCUT2D eigenvalue weighted by Crippen LogP contribution is 2.27. The number of hydrogen-bond donors (Lipinski definition) is 1. The quantitative estimate of drug-likeness (QED) is 0.729. The first-order valence-corrected chi connectivity index (χ1v) is 6.00. The van der Waals surface area contributed by atoms with Gasteiger partial charge < -0.3 is 9.73 Å². The summed E-state index contributed by atoms with van der Waals surface area (Å²) in [7, 11) is 0. The van der Waals surface area contributed by atoms with E-state index in [-0.39, 0.29) is 5.63 Å². The van der Waals surface area contributed by atoms with Gasteiger partial charge in [0, 0.05) is 17.0 Å². The highest BCUT2D eigenvalue weighted by atomic mass is 35.5. The van der Waals surface area contributed by atoms with Gasteiger partial charge in [-0.15, -0.1) is 0 Å². The Kier molecular flexibility index (Phi) is 2.45. The Morgan fingerprint density at radius 3 is 3.00 bits per heavy atom. The lowest BCUT2D eigenvalue weighted by molar-refractivity contribution is 0.526. The fraction of sp³-hybridized carbons (Fsp3) is 0.308. The average Bonchev–Trinajstić information content (AvgIpc) is 2.32. The summed E-state index contributed by atoms with van der Waals surface area (Å²) < 4.78 is 5.34. The SMILES string of the molecule is Cc1cc2oc(=O)c3c(c2cc1Cl)CCNC3. The third-order valence-corrected chi connectivity index (χ3v) is 3.66. The van der Waals surface area contributed by atoms with E-state index in [9.17, 15) is 4.79 Å². The number of fused-ring (bicyclic) bond motifs is 3. The Balaban J connectivity index is 2.43. The number of rotatable bonds is 0. The molecule has 2 aromatic rings. The maximum Gasteiger partial charge on any atom is 0.341 e. The highest BCUT2D eigenvalue weighted by molar-refractivity contribution is 6.32. The molecule has 3 rings (SSSR count). The zero-order chi connectivity index (χ0) is 12.0. The van der Waals surface area contributed by atoms with Crippen molar-refractivity contribution >= 4 is 22.6 Å². The predicted octanol–water partition coefficient (Wildman–Crippen LogP) is 2.40. The van der Waals surface area contributed by atoms with Gasteiger partial charge in [-0.05, 0) is 43.1 Å². The van der Waals surface area contributed by atoms with Crippen molar-refractivity contribution in [1.29, 1.82) is 0 Å². The van der Waals surface area contributed by atoms with Gasteiger partial charge in [-0.25, -0.2) is 4.79 Å². The zero-order valence-electron chi connectivity index (χ0n) is 9.47. The van der Waals surface area contributed by atoms with E-state index in [4.69, 9.17) is 16.0 Å². The molecule has 1 aliphatic heterocycles. The van der Waals surface area contributed by atoms with E-state index in [1.807, 2.05) is 19.1 Å². The molecule has 1 aliphatic rings. The Labute approximate surface area is 103 Å². The number of hydrogen-bond acceptors (Lipinski definition) is 3. The minimum Gasteiger partial charge on any atom is -0.422 e. The molecule has 1 aromatic heterocycles. The fourth-order valence-corrected chi connectivity index (χ4v) is 2.48. The molecule has 88 valence electrons. The van der Waals surface area contributed by atoms with Crippen molar-refractivity contribution in [3.05, 3.63) is 44.3 Å². The molecule has 0 radical (unpaired) electrons. The summed E-state index contributed by atoms with van der Waals surface area (Å²) in [5.41, 5.74) is 3.15. The van der Waals surface area contributed by atoms with E-state index in [0.717, 1.165) is 35.0 Å². The average molecular weight is 250 g/mol.